The monoisotopic (exact) mass is 413 g/mol. The number of aliphatic hydroxyl groups is 1. The summed E-state index contributed by atoms with van der Waals surface area (Å²) in [6.07, 6.45) is 1.58. The van der Waals surface area contributed by atoms with Crippen LogP contribution in [0.25, 0.3) is 11.1 Å². The largest absolute Gasteiger partial charge is 0.496 e. The number of rotatable bonds is 6. The molecule has 1 aromatic carbocycles. The molecule has 30 heavy (non-hydrogen) atoms. The summed E-state index contributed by atoms with van der Waals surface area (Å²) in [5, 5.41) is 9.75. The van der Waals surface area contributed by atoms with Crippen LogP contribution in [-0.2, 0) is 0 Å². The van der Waals surface area contributed by atoms with Gasteiger partial charge in [0, 0.05) is 36.3 Å². The minimum absolute atomic E-state index is 0.0780. The van der Waals surface area contributed by atoms with Gasteiger partial charge in [-0.05, 0) is 33.2 Å². The molecule has 1 aliphatic heterocycles. The van der Waals surface area contributed by atoms with Gasteiger partial charge in [0.15, 0.2) is 0 Å². The minimum Gasteiger partial charge on any atom is -0.496 e. The summed E-state index contributed by atoms with van der Waals surface area (Å²) in [7, 11) is 5.60. The zero-order chi connectivity index (χ0) is 21.8. The molecule has 0 radical (unpaired) electrons. The van der Waals surface area contributed by atoms with E-state index in [-0.39, 0.29) is 30.6 Å². The van der Waals surface area contributed by atoms with Crippen molar-refractivity contribution < 1.29 is 19.4 Å². The van der Waals surface area contributed by atoms with Crippen LogP contribution in [0.2, 0.25) is 0 Å². The number of benzene rings is 1. The first-order valence-corrected chi connectivity index (χ1v) is 10.2. The lowest BCUT2D eigenvalue weighted by Crippen LogP contribution is -2.49. The van der Waals surface area contributed by atoms with E-state index in [9.17, 15) is 9.90 Å². The Morgan fingerprint density at radius 2 is 2.07 bits per heavy atom. The number of hydrogen-bond acceptors (Lipinski definition) is 6. The van der Waals surface area contributed by atoms with Crippen molar-refractivity contribution in [1.82, 2.24) is 14.8 Å². The number of aromatic nitrogens is 1. The van der Waals surface area contributed by atoms with Gasteiger partial charge in [-0.3, -0.25) is 4.79 Å². The van der Waals surface area contributed by atoms with Gasteiger partial charge in [-0.2, -0.15) is 0 Å². The van der Waals surface area contributed by atoms with Gasteiger partial charge in [0.25, 0.3) is 5.91 Å². The molecule has 0 unspecified atom stereocenters. The van der Waals surface area contributed by atoms with E-state index in [0.29, 0.717) is 30.3 Å². The molecule has 0 saturated heterocycles. The van der Waals surface area contributed by atoms with Crippen LogP contribution < -0.4 is 9.47 Å². The lowest BCUT2D eigenvalue weighted by Gasteiger charge is -2.37. The van der Waals surface area contributed by atoms with Crippen molar-refractivity contribution in [2.24, 2.45) is 5.92 Å². The van der Waals surface area contributed by atoms with E-state index in [1.54, 1.807) is 18.2 Å². The number of ether oxygens (including phenoxy) is 2. The highest BCUT2D eigenvalue weighted by Gasteiger charge is 2.34. The second kappa shape index (κ2) is 9.45. The summed E-state index contributed by atoms with van der Waals surface area (Å²) in [6.45, 7) is 5.01. The summed E-state index contributed by atoms with van der Waals surface area (Å²) in [4.78, 5) is 21.8. The molecule has 1 aliphatic rings. The lowest BCUT2D eigenvalue weighted by atomic mass is 9.99. The number of carbonyl (C=O) groups is 1. The predicted molar refractivity (Wildman–Crippen MR) is 116 cm³/mol. The number of methoxy groups -OCH3 is 1. The molecule has 1 N–H and O–H groups in total. The van der Waals surface area contributed by atoms with Gasteiger partial charge in [-0.25, -0.2) is 4.98 Å². The van der Waals surface area contributed by atoms with E-state index >= 15 is 0 Å². The lowest BCUT2D eigenvalue weighted by molar-refractivity contribution is 0.0348. The van der Waals surface area contributed by atoms with Crippen LogP contribution in [0.5, 0.6) is 11.6 Å². The number of nitrogens with zero attached hydrogens (tertiary/aromatic N) is 3. The first-order valence-electron chi connectivity index (χ1n) is 10.2. The molecule has 1 amide bonds. The van der Waals surface area contributed by atoms with Crippen molar-refractivity contribution in [3.8, 4) is 22.8 Å². The maximum absolute atomic E-state index is 13.5. The molecular formula is C23H31N3O4. The second-order valence-electron chi connectivity index (χ2n) is 8.16. The predicted octanol–water partition coefficient (Wildman–Crippen LogP) is 2.54. The van der Waals surface area contributed by atoms with Crippen LogP contribution in [0.15, 0.2) is 36.5 Å². The second-order valence-corrected chi connectivity index (χ2v) is 8.16. The Hall–Kier alpha value is -2.64. The third kappa shape index (κ3) is 4.57. The number of amides is 1. The number of hydrogen-bond donors (Lipinski definition) is 1. The Bertz CT molecular complexity index is 887. The van der Waals surface area contributed by atoms with E-state index in [2.05, 4.69) is 16.8 Å². The first-order chi connectivity index (χ1) is 14.3. The van der Waals surface area contributed by atoms with Crippen LogP contribution in [0, 0.1) is 5.92 Å². The maximum Gasteiger partial charge on any atom is 0.259 e. The third-order valence-electron chi connectivity index (χ3n) is 5.48. The SMILES string of the molecule is COc1ccccc1-c1cnc2c(c1)C(=O)N([C@@H](C)CO)C[C@@H](C)[C@@H](CN(C)C)O2. The van der Waals surface area contributed by atoms with Crippen LogP contribution in [0.1, 0.15) is 24.2 Å². The van der Waals surface area contributed by atoms with Crippen molar-refractivity contribution in [3.63, 3.8) is 0 Å². The highest BCUT2D eigenvalue weighted by Crippen LogP contribution is 2.34. The summed E-state index contributed by atoms with van der Waals surface area (Å²) in [5.41, 5.74) is 2.03. The number of fused-ring (bicyclic) bond motifs is 1. The van der Waals surface area contributed by atoms with E-state index in [1.165, 1.54) is 0 Å². The van der Waals surface area contributed by atoms with Gasteiger partial charge in [0.1, 0.15) is 17.4 Å². The Kier molecular flexibility index (Phi) is 6.95. The topological polar surface area (TPSA) is 75.1 Å². The Labute approximate surface area is 178 Å². The molecule has 2 aromatic rings. The highest BCUT2D eigenvalue weighted by atomic mass is 16.5. The van der Waals surface area contributed by atoms with Crippen molar-refractivity contribution in [3.05, 3.63) is 42.1 Å². The van der Waals surface area contributed by atoms with Gasteiger partial charge < -0.3 is 24.4 Å². The smallest absolute Gasteiger partial charge is 0.259 e. The molecule has 2 heterocycles. The van der Waals surface area contributed by atoms with Crippen molar-refractivity contribution in [2.75, 3.05) is 40.9 Å². The van der Waals surface area contributed by atoms with Gasteiger partial charge >= 0.3 is 0 Å². The number of para-hydroxylation sites is 1. The number of likely N-dealkylation sites (N-methyl/N-ethyl adjacent to an activating group) is 1. The Balaban J connectivity index is 2.10. The van der Waals surface area contributed by atoms with Crippen LogP contribution in [-0.4, -0.2) is 78.8 Å². The molecule has 7 nitrogen and oxygen atoms in total. The van der Waals surface area contributed by atoms with Crippen molar-refractivity contribution in [2.45, 2.75) is 26.0 Å². The quantitative estimate of drug-likeness (QED) is 0.785. The normalized spacial score (nSPS) is 20.2. The maximum atomic E-state index is 13.5. The summed E-state index contributed by atoms with van der Waals surface area (Å²) in [5.74, 6) is 0.922. The van der Waals surface area contributed by atoms with E-state index in [1.807, 2.05) is 51.4 Å². The van der Waals surface area contributed by atoms with Gasteiger partial charge in [-0.1, -0.05) is 25.1 Å². The number of aliphatic hydroxyl groups excluding tert-OH is 1. The zero-order valence-electron chi connectivity index (χ0n) is 18.3. The van der Waals surface area contributed by atoms with Crippen LogP contribution in [0.3, 0.4) is 0 Å². The fourth-order valence-electron chi connectivity index (χ4n) is 3.71. The molecule has 1 aromatic heterocycles. The number of carbonyl (C=O) groups excluding carboxylic acids is 1. The van der Waals surface area contributed by atoms with E-state index < -0.39 is 0 Å². The van der Waals surface area contributed by atoms with E-state index in [4.69, 9.17) is 9.47 Å². The Morgan fingerprint density at radius 3 is 2.73 bits per heavy atom. The fourth-order valence-corrected chi connectivity index (χ4v) is 3.71. The average molecular weight is 414 g/mol. The highest BCUT2D eigenvalue weighted by molar-refractivity contribution is 5.98. The first kappa shape index (κ1) is 22.1. The Morgan fingerprint density at radius 1 is 1.33 bits per heavy atom. The molecule has 0 saturated carbocycles. The molecular weight excluding hydrogens is 382 g/mol. The van der Waals surface area contributed by atoms with Gasteiger partial charge in [0.05, 0.1) is 19.8 Å². The summed E-state index contributed by atoms with van der Waals surface area (Å²) in [6, 6.07) is 9.13. The summed E-state index contributed by atoms with van der Waals surface area (Å²) < 4.78 is 11.7. The van der Waals surface area contributed by atoms with Crippen LogP contribution >= 0.6 is 0 Å². The average Bonchev–Trinajstić information content (AvgIpc) is 2.75. The van der Waals surface area contributed by atoms with Crippen molar-refractivity contribution >= 4 is 5.91 Å². The van der Waals surface area contributed by atoms with Crippen molar-refractivity contribution in [1.29, 1.82) is 0 Å². The molecule has 0 spiro atoms. The molecule has 0 bridgehead atoms. The molecule has 0 fully saturated rings. The zero-order valence-corrected chi connectivity index (χ0v) is 18.3. The molecule has 0 aliphatic carbocycles. The van der Waals surface area contributed by atoms with E-state index in [0.717, 1.165) is 11.1 Å². The molecule has 7 heteroatoms. The third-order valence-corrected chi connectivity index (χ3v) is 5.48. The van der Waals surface area contributed by atoms with Crippen LogP contribution in [0.4, 0.5) is 0 Å². The standard InChI is InChI=1S/C23H31N3O4/c1-15-12-26(16(2)14-27)23(28)19-10-17(18-8-6-7-9-20(18)29-5)11-24-22(19)30-21(15)13-25(3)4/h6-11,15-16,21,27H,12-14H2,1-5H3/t15-,16+,21-/m1/s1. The fraction of sp³-hybridized carbons (Fsp3) is 0.478. The summed E-state index contributed by atoms with van der Waals surface area (Å²) >= 11 is 0. The molecule has 3 rings (SSSR count). The van der Waals surface area contributed by atoms with Gasteiger partial charge in [-0.15, -0.1) is 0 Å². The molecule has 162 valence electrons. The molecule has 3 atom stereocenters. The van der Waals surface area contributed by atoms with Gasteiger partial charge in [0.2, 0.25) is 5.88 Å². The minimum atomic E-state index is -0.305. The number of pyridine rings is 1.